The molecule has 0 fully saturated rings. The summed E-state index contributed by atoms with van der Waals surface area (Å²) in [7, 11) is -4.20. The van der Waals surface area contributed by atoms with Crippen LogP contribution in [0.25, 0.3) is 0 Å². The fraction of sp³-hybridized carbons (Fsp3) is 0. The molecule has 72 valence electrons. The first-order valence-electron chi connectivity index (χ1n) is 2.98. The SMILES string of the molecule is O=S(=O)(O)c1ccc(O)c(I)c1I. The highest BCUT2D eigenvalue weighted by atomic mass is 127. The van der Waals surface area contributed by atoms with Crippen molar-refractivity contribution >= 4 is 55.3 Å². The molecule has 1 aromatic rings. The minimum Gasteiger partial charge on any atom is -0.507 e. The zero-order chi connectivity index (χ0) is 10.2. The van der Waals surface area contributed by atoms with Crippen LogP contribution in [0.2, 0.25) is 0 Å². The fourth-order valence-electron chi connectivity index (χ4n) is 0.721. The fourth-order valence-corrected chi connectivity index (χ4v) is 3.23. The van der Waals surface area contributed by atoms with E-state index in [1.54, 1.807) is 45.2 Å². The lowest BCUT2D eigenvalue weighted by molar-refractivity contribution is 0.468. The van der Waals surface area contributed by atoms with Crippen LogP contribution in [0.3, 0.4) is 0 Å². The van der Waals surface area contributed by atoms with Crippen LogP contribution in [0, 0.1) is 7.14 Å². The summed E-state index contributed by atoms with van der Waals surface area (Å²) in [6.07, 6.45) is 0. The molecule has 0 saturated heterocycles. The molecule has 0 aliphatic heterocycles. The Kier molecular flexibility index (Phi) is 3.41. The van der Waals surface area contributed by atoms with Crippen molar-refractivity contribution in [2.24, 2.45) is 0 Å². The molecule has 13 heavy (non-hydrogen) atoms. The molecule has 0 unspecified atom stereocenters. The zero-order valence-corrected chi connectivity index (χ0v) is 11.2. The molecule has 0 spiro atoms. The second-order valence-corrected chi connectivity index (χ2v) is 5.73. The van der Waals surface area contributed by atoms with Crippen LogP contribution in [0.5, 0.6) is 5.75 Å². The van der Waals surface area contributed by atoms with Gasteiger partial charge in [0, 0.05) is 0 Å². The predicted molar refractivity (Wildman–Crippen MR) is 63.4 cm³/mol. The first kappa shape index (κ1) is 11.5. The van der Waals surface area contributed by atoms with Crippen molar-refractivity contribution in [2.75, 3.05) is 0 Å². The monoisotopic (exact) mass is 426 g/mol. The molecule has 2 N–H and O–H groups in total. The molecule has 0 atom stereocenters. The minimum atomic E-state index is -4.20. The Bertz CT molecular complexity index is 440. The molecule has 0 aliphatic rings. The van der Waals surface area contributed by atoms with Crippen molar-refractivity contribution in [3.8, 4) is 5.75 Å². The summed E-state index contributed by atoms with van der Waals surface area (Å²) < 4.78 is 31.1. The quantitative estimate of drug-likeness (QED) is 0.532. The number of benzene rings is 1. The van der Waals surface area contributed by atoms with E-state index in [0.717, 1.165) is 6.07 Å². The summed E-state index contributed by atoms with van der Waals surface area (Å²) >= 11 is 3.55. The van der Waals surface area contributed by atoms with Gasteiger partial charge in [0.05, 0.1) is 7.14 Å². The summed E-state index contributed by atoms with van der Waals surface area (Å²) in [5, 5.41) is 9.20. The van der Waals surface area contributed by atoms with Crippen molar-refractivity contribution in [1.82, 2.24) is 0 Å². The van der Waals surface area contributed by atoms with Crippen LogP contribution in [0.1, 0.15) is 0 Å². The molecule has 4 nitrogen and oxygen atoms in total. The Morgan fingerprint density at radius 1 is 1.15 bits per heavy atom. The minimum absolute atomic E-state index is 0.00241. The summed E-state index contributed by atoms with van der Waals surface area (Å²) in [5.41, 5.74) is 0. The first-order valence-corrected chi connectivity index (χ1v) is 6.58. The van der Waals surface area contributed by atoms with Crippen LogP contribution in [0.4, 0.5) is 0 Å². The molecule has 1 aromatic carbocycles. The van der Waals surface area contributed by atoms with Crippen molar-refractivity contribution in [3.63, 3.8) is 0 Å². The second kappa shape index (κ2) is 3.87. The number of hydrogen-bond acceptors (Lipinski definition) is 3. The highest BCUT2D eigenvalue weighted by molar-refractivity contribution is 14.1. The number of phenols is 1. The Morgan fingerprint density at radius 2 is 1.69 bits per heavy atom. The molecule has 0 radical (unpaired) electrons. The number of hydrogen-bond donors (Lipinski definition) is 2. The standard InChI is InChI=1S/C6H4I2O4S/c7-5-3(9)1-2-4(6(5)8)13(10,11)12/h1-2,9H,(H,10,11,12). The lowest BCUT2D eigenvalue weighted by atomic mass is 10.3. The lowest BCUT2D eigenvalue weighted by Crippen LogP contribution is -2.02. The molecule has 0 amide bonds. The largest absolute Gasteiger partial charge is 0.507 e. The van der Waals surface area contributed by atoms with Gasteiger partial charge < -0.3 is 5.11 Å². The number of rotatable bonds is 1. The normalized spacial score (nSPS) is 11.6. The topological polar surface area (TPSA) is 74.6 Å². The number of aromatic hydroxyl groups is 1. The Labute approximate surface area is 102 Å². The van der Waals surface area contributed by atoms with Gasteiger partial charge in [0.25, 0.3) is 10.1 Å². The lowest BCUT2D eigenvalue weighted by Gasteiger charge is -2.04. The van der Waals surface area contributed by atoms with E-state index < -0.39 is 10.1 Å². The van der Waals surface area contributed by atoms with E-state index in [1.165, 1.54) is 6.07 Å². The van der Waals surface area contributed by atoms with Gasteiger partial charge in [0.15, 0.2) is 0 Å². The highest BCUT2D eigenvalue weighted by Gasteiger charge is 2.17. The number of halogens is 2. The highest BCUT2D eigenvalue weighted by Crippen LogP contribution is 2.29. The van der Waals surface area contributed by atoms with Gasteiger partial charge in [-0.15, -0.1) is 0 Å². The van der Waals surface area contributed by atoms with E-state index in [0.29, 0.717) is 7.14 Å². The molecule has 0 bridgehead atoms. The Morgan fingerprint density at radius 3 is 2.15 bits per heavy atom. The second-order valence-electron chi connectivity index (χ2n) is 2.19. The maximum absolute atomic E-state index is 10.8. The third-order valence-corrected chi connectivity index (χ3v) is 5.81. The average molecular weight is 426 g/mol. The van der Waals surface area contributed by atoms with Crippen LogP contribution in [0.15, 0.2) is 17.0 Å². The molecule has 7 heteroatoms. The Balaban J connectivity index is 3.53. The summed E-state index contributed by atoms with van der Waals surface area (Å²) in [4.78, 5) is -0.185. The maximum atomic E-state index is 10.8. The van der Waals surface area contributed by atoms with E-state index >= 15 is 0 Å². The number of phenolic OH excluding ortho intramolecular Hbond substituents is 1. The van der Waals surface area contributed by atoms with Crippen molar-refractivity contribution < 1.29 is 18.1 Å². The summed E-state index contributed by atoms with van der Waals surface area (Å²) in [5.74, 6) is -0.00241. The van der Waals surface area contributed by atoms with Gasteiger partial charge in [-0.25, -0.2) is 0 Å². The third-order valence-electron chi connectivity index (χ3n) is 1.30. The summed E-state index contributed by atoms with van der Waals surface area (Å²) in [6, 6.07) is 2.39. The van der Waals surface area contributed by atoms with Crippen LogP contribution < -0.4 is 0 Å². The van der Waals surface area contributed by atoms with Gasteiger partial charge >= 0.3 is 0 Å². The Hall–Kier alpha value is 0.390. The van der Waals surface area contributed by atoms with E-state index in [-0.39, 0.29) is 10.6 Å². The van der Waals surface area contributed by atoms with Gasteiger partial charge in [-0.2, -0.15) is 8.42 Å². The molecule has 1 rings (SSSR count). The van der Waals surface area contributed by atoms with Crippen LogP contribution in [-0.4, -0.2) is 18.1 Å². The van der Waals surface area contributed by atoms with Gasteiger partial charge in [0.2, 0.25) is 0 Å². The third kappa shape index (κ3) is 2.44. The van der Waals surface area contributed by atoms with E-state index in [4.69, 9.17) is 4.55 Å². The van der Waals surface area contributed by atoms with E-state index in [2.05, 4.69) is 0 Å². The molecule has 0 aromatic heterocycles. The molecule has 0 aliphatic carbocycles. The smallest absolute Gasteiger partial charge is 0.295 e. The first-order chi connectivity index (χ1) is 5.84. The van der Waals surface area contributed by atoms with Crippen molar-refractivity contribution in [3.05, 3.63) is 19.3 Å². The maximum Gasteiger partial charge on any atom is 0.295 e. The molecule has 0 saturated carbocycles. The zero-order valence-electron chi connectivity index (χ0n) is 6.03. The van der Waals surface area contributed by atoms with Crippen LogP contribution >= 0.6 is 45.2 Å². The summed E-state index contributed by atoms with van der Waals surface area (Å²) in [6.45, 7) is 0. The molecular weight excluding hydrogens is 422 g/mol. The van der Waals surface area contributed by atoms with Gasteiger partial charge in [-0.1, -0.05) is 0 Å². The van der Waals surface area contributed by atoms with E-state index in [9.17, 15) is 13.5 Å². The van der Waals surface area contributed by atoms with Crippen LogP contribution in [-0.2, 0) is 10.1 Å². The average Bonchev–Trinajstić information content (AvgIpc) is 1.98. The van der Waals surface area contributed by atoms with Crippen molar-refractivity contribution in [2.45, 2.75) is 4.90 Å². The molecular formula is C6H4I2O4S. The van der Waals surface area contributed by atoms with E-state index in [1.807, 2.05) is 0 Å². The van der Waals surface area contributed by atoms with Gasteiger partial charge in [0.1, 0.15) is 10.6 Å². The van der Waals surface area contributed by atoms with Gasteiger partial charge in [-0.3, -0.25) is 4.55 Å². The molecule has 0 heterocycles. The van der Waals surface area contributed by atoms with Crippen molar-refractivity contribution in [1.29, 1.82) is 0 Å². The predicted octanol–water partition coefficient (Wildman–Crippen LogP) is 1.85. The van der Waals surface area contributed by atoms with Gasteiger partial charge in [-0.05, 0) is 57.3 Å².